The van der Waals surface area contributed by atoms with E-state index in [1.165, 1.54) is 22.4 Å². The molecule has 1 atom stereocenters. The van der Waals surface area contributed by atoms with Gasteiger partial charge >= 0.3 is 0 Å². The first-order valence-corrected chi connectivity index (χ1v) is 12.1. The molecule has 0 bridgehead atoms. The minimum atomic E-state index is 0.133. The molecule has 6 rings (SSSR count). The highest BCUT2D eigenvalue weighted by Gasteiger charge is 2.36. The third-order valence-corrected chi connectivity index (χ3v) is 7.48. The van der Waals surface area contributed by atoms with Gasteiger partial charge in [0.25, 0.3) is 0 Å². The monoisotopic (exact) mass is 440 g/mol. The Balaban J connectivity index is 1.28. The maximum Gasteiger partial charge on any atom is 0.173 e. The van der Waals surface area contributed by atoms with E-state index in [1.54, 1.807) is 23.5 Å². The summed E-state index contributed by atoms with van der Waals surface area (Å²) < 4.78 is 0. The Kier molecular flexibility index (Phi) is 4.81. The third kappa shape index (κ3) is 3.46. The molecular weight excluding hydrogens is 420 g/mol. The second kappa shape index (κ2) is 7.94. The normalized spacial score (nSPS) is 18.8. The van der Waals surface area contributed by atoms with E-state index in [0.717, 1.165) is 34.0 Å². The van der Waals surface area contributed by atoms with Crippen molar-refractivity contribution in [3.63, 3.8) is 0 Å². The summed E-state index contributed by atoms with van der Waals surface area (Å²) in [6, 6.07) is 27.7. The van der Waals surface area contributed by atoms with E-state index in [9.17, 15) is 0 Å². The molecule has 152 valence electrons. The number of hydrogen-bond acceptors (Lipinski definition) is 6. The Morgan fingerprint density at radius 2 is 1.77 bits per heavy atom. The van der Waals surface area contributed by atoms with Gasteiger partial charge in [0.2, 0.25) is 0 Å². The van der Waals surface area contributed by atoms with E-state index >= 15 is 0 Å². The van der Waals surface area contributed by atoms with Crippen molar-refractivity contribution >= 4 is 45.2 Å². The average molecular weight is 441 g/mol. The van der Waals surface area contributed by atoms with Gasteiger partial charge in [-0.05, 0) is 28.7 Å². The van der Waals surface area contributed by atoms with Crippen molar-refractivity contribution in [3.05, 3.63) is 107 Å². The third-order valence-electron chi connectivity index (χ3n) is 5.65. The Bertz CT molecular complexity index is 1230. The van der Waals surface area contributed by atoms with Gasteiger partial charge in [-0.2, -0.15) is 0 Å². The largest absolute Gasteiger partial charge is 0.335 e. The minimum absolute atomic E-state index is 0.133. The van der Waals surface area contributed by atoms with Crippen molar-refractivity contribution in [1.29, 1.82) is 0 Å². The summed E-state index contributed by atoms with van der Waals surface area (Å²) in [6.45, 7) is 0.732. The van der Waals surface area contributed by atoms with Crippen molar-refractivity contribution in [2.45, 2.75) is 12.6 Å². The lowest BCUT2D eigenvalue weighted by Crippen LogP contribution is -2.33. The number of benzene rings is 3. The highest BCUT2D eigenvalue weighted by Crippen LogP contribution is 2.46. The average Bonchev–Trinajstić information content (AvgIpc) is 3.24. The Hall–Kier alpha value is -2.96. The summed E-state index contributed by atoms with van der Waals surface area (Å²) >= 11 is 3.46. The van der Waals surface area contributed by atoms with Gasteiger partial charge in [0.15, 0.2) is 10.3 Å². The second-order valence-corrected chi connectivity index (χ2v) is 9.36. The fraction of sp³-hybridized carbons (Fsp3) is 0.120. The van der Waals surface area contributed by atoms with Crippen molar-refractivity contribution in [1.82, 2.24) is 4.90 Å². The predicted molar refractivity (Wildman–Crippen MR) is 133 cm³/mol. The predicted octanol–water partition coefficient (Wildman–Crippen LogP) is 6.38. The van der Waals surface area contributed by atoms with Crippen LogP contribution >= 0.6 is 23.5 Å². The maximum absolute atomic E-state index is 4.96. The van der Waals surface area contributed by atoms with Crippen LogP contribution in [-0.4, -0.2) is 21.0 Å². The maximum atomic E-state index is 4.96. The second-order valence-electron chi connectivity index (χ2n) is 7.56. The van der Waals surface area contributed by atoms with E-state index in [2.05, 4.69) is 94.5 Å². The van der Waals surface area contributed by atoms with Gasteiger partial charge in [0, 0.05) is 22.7 Å². The number of amidine groups is 2. The summed E-state index contributed by atoms with van der Waals surface area (Å²) in [5.41, 5.74) is 7.26. The van der Waals surface area contributed by atoms with Gasteiger partial charge in [0.05, 0.1) is 18.3 Å². The van der Waals surface area contributed by atoms with Crippen LogP contribution in [0.1, 0.15) is 22.7 Å². The van der Waals surface area contributed by atoms with Crippen LogP contribution in [0.3, 0.4) is 0 Å². The Morgan fingerprint density at radius 1 is 0.968 bits per heavy atom. The summed E-state index contributed by atoms with van der Waals surface area (Å²) in [4.78, 5) is 12.1. The van der Waals surface area contributed by atoms with Gasteiger partial charge in [-0.25, -0.2) is 4.99 Å². The fourth-order valence-corrected chi connectivity index (χ4v) is 6.04. The molecular formula is C25H20N4S2. The number of thioether (sulfide) groups is 2. The topological polar surface area (TPSA) is 40.0 Å². The fourth-order valence-electron chi connectivity index (χ4n) is 4.16. The van der Waals surface area contributed by atoms with Gasteiger partial charge in [-0.3, -0.25) is 4.99 Å². The van der Waals surface area contributed by atoms with Crippen LogP contribution in [0.2, 0.25) is 0 Å². The molecule has 1 unspecified atom stereocenters. The van der Waals surface area contributed by atoms with Crippen molar-refractivity contribution in [2.75, 3.05) is 11.1 Å². The highest BCUT2D eigenvalue weighted by atomic mass is 32.2. The molecule has 0 aromatic heterocycles. The van der Waals surface area contributed by atoms with Crippen LogP contribution in [0.4, 0.5) is 11.4 Å². The zero-order chi connectivity index (χ0) is 20.6. The summed E-state index contributed by atoms with van der Waals surface area (Å²) in [5, 5.41) is 7.75. The lowest BCUT2D eigenvalue weighted by molar-refractivity contribution is 0.444. The van der Waals surface area contributed by atoms with E-state index in [0.29, 0.717) is 0 Å². The molecule has 3 heterocycles. The number of rotatable bonds is 3. The molecule has 3 aromatic rings. The molecule has 0 amide bonds. The van der Waals surface area contributed by atoms with Crippen molar-refractivity contribution in [2.24, 2.45) is 9.98 Å². The van der Waals surface area contributed by atoms with Gasteiger partial charge in [-0.1, -0.05) is 90.3 Å². The zero-order valence-corrected chi connectivity index (χ0v) is 18.4. The Labute approximate surface area is 190 Å². The van der Waals surface area contributed by atoms with E-state index in [1.807, 2.05) is 0 Å². The van der Waals surface area contributed by atoms with Crippen molar-refractivity contribution in [3.8, 4) is 0 Å². The number of aliphatic imine (C=N–C) groups is 2. The summed E-state index contributed by atoms with van der Waals surface area (Å²) in [7, 11) is 0. The molecule has 0 saturated carbocycles. The molecule has 3 aliphatic heterocycles. The molecule has 0 aliphatic carbocycles. The summed E-state index contributed by atoms with van der Waals surface area (Å²) in [5.74, 6) is 0.839. The molecule has 31 heavy (non-hydrogen) atoms. The molecule has 3 aromatic carbocycles. The number of hydrogen-bond donors (Lipinski definition) is 1. The molecule has 1 N–H and O–H groups in total. The number of fused-ring (bicyclic) bond motifs is 3. The van der Waals surface area contributed by atoms with Crippen LogP contribution in [0.5, 0.6) is 0 Å². The quantitative estimate of drug-likeness (QED) is 0.513. The highest BCUT2D eigenvalue weighted by molar-refractivity contribution is 8.17. The molecule has 4 nitrogen and oxygen atoms in total. The molecule has 0 fully saturated rings. The molecule has 0 saturated heterocycles. The van der Waals surface area contributed by atoms with Crippen LogP contribution in [-0.2, 0) is 6.54 Å². The van der Waals surface area contributed by atoms with Gasteiger partial charge in [0.1, 0.15) is 0 Å². The number of anilines is 1. The molecule has 0 spiro atoms. The smallest absolute Gasteiger partial charge is 0.173 e. The number of nitrogens with one attached hydrogen (secondary N) is 1. The van der Waals surface area contributed by atoms with Crippen LogP contribution in [0.15, 0.2) is 100.0 Å². The molecule has 6 heteroatoms. The standard InChI is InChI=1S/C25H20N4S2/c1-2-8-17(9-3-1)23-20-11-5-7-13-22(20)28-25-29(23)19(16-31-25)15-30-24-26-14-18-10-4-6-12-21(18)27-24/h1-13,16,23H,14-15H2,(H,26,27). The lowest BCUT2D eigenvalue weighted by atomic mass is 9.94. The van der Waals surface area contributed by atoms with E-state index < -0.39 is 0 Å². The van der Waals surface area contributed by atoms with Crippen molar-refractivity contribution < 1.29 is 0 Å². The summed E-state index contributed by atoms with van der Waals surface area (Å²) in [6.07, 6.45) is 0. The van der Waals surface area contributed by atoms with Gasteiger partial charge in [-0.15, -0.1) is 0 Å². The first-order valence-electron chi connectivity index (χ1n) is 10.3. The van der Waals surface area contributed by atoms with E-state index in [4.69, 9.17) is 9.98 Å². The SMILES string of the molecule is C1=C(CSC2=NCc3ccccc3N2)N2C(=Nc3ccccc3C2c2ccccc2)S1. The molecule has 3 aliphatic rings. The number of nitrogens with zero attached hydrogens (tertiary/aromatic N) is 3. The van der Waals surface area contributed by atoms with Gasteiger partial charge < -0.3 is 10.2 Å². The Morgan fingerprint density at radius 3 is 2.71 bits per heavy atom. The molecule has 0 radical (unpaired) electrons. The minimum Gasteiger partial charge on any atom is -0.335 e. The van der Waals surface area contributed by atoms with Crippen LogP contribution in [0, 0.1) is 0 Å². The van der Waals surface area contributed by atoms with Crippen LogP contribution in [0.25, 0.3) is 0 Å². The van der Waals surface area contributed by atoms with Crippen LogP contribution < -0.4 is 5.32 Å². The number of para-hydroxylation sites is 2. The first-order chi connectivity index (χ1) is 15.4. The van der Waals surface area contributed by atoms with E-state index in [-0.39, 0.29) is 6.04 Å². The lowest BCUT2D eigenvalue weighted by Gasteiger charge is -2.36. The zero-order valence-electron chi connectivity index (χ0n) is 16.7. The first kappa shape index (κ1) is 18.8.